The molecule has 6 heteroatoms. The summed E-state index contributed by atoms with van der Waals surface area (Å²) in [6.45, 7) is 5.58. The van der Waals surface area contributed by atoms with Gasteiger partial charge in [0.15, 0.2) is 5.82 Å². The highest BCUT2D eigenvalue weighted by Crippen LogP contribution is 2.17. The molecule has 0 unspecified atom stereocenters. The van der Waals surface area contributed by atoms with Crippen molar-refractivity contribution in [1.82, 2.24) is 15.1 Å². The molecule has 25 heavy (non-hydrogen) atoms. The zero-order chi connectivity index (χ0) is 17.5. The van der Waals surface area contributed by atoms with Crippen molar-refractivity contribution in [1.29, 1.82) is 0 Å². The van der Waals surface area contributed by atoms with Crippen molar-refractivity contribution in [2.24, 2.45) is 0 Å². The Kier molecular flexibility index (Phi) is 5.82. The fraction of sp³-hybridized carbons (Fsp3) is 0.421. The predicted octanol–water partition coefficient (Wildman–Crippen LogP) is 2.29. The molecule has 0 bridgehead atoms. The molecule has 0 spiro atoms. The van der Waals surface area contributed by atoms with Crippen LogP contribution in [0.2, 0.25) is 0 Å². The first-order chi connectivity index (χ1) is 12.2. The average Bonchev–Trinajstić information content (AvgIpc) is 2.90. The van der Waals surface area contributed by atoms with Crippen molar-refractivity contribution < 1.29 is 9.53 Å². The van der Waals surface area contributed by atoms with Crippen LogP contribution in [0, 0.1) is 6.92 Å². The van der Waals surface area contributed by atoms with Gasteiger partial charge in [-0.15, -0.1) is 5.10 Å². The highest BCUT2D eigenvalue weighted by Gasteiger charge is 2.19. The molecule has 1 aliphatic heterocycles. The normalized spacial score (nSPS) is 14.9. The van der Waals surface area contributed by atoms with Crippen LogP contribution in [0.25, 0.3) is 0 Å². The van der Waals surface area contributed by atoms with E-state index in [-0.39, 0.29) is 5.91 Å². The lowest BCUT2D eigenvalue weighted by molar-refractivity contribution is -0.131. The summed E-state index contributed by atoms with van der Waals surface area (Å²) >= 11 is 0. The lowest BCUT2D eigenvalue weighted by atomic mass is 10.2. The van der Waals surface area contributed by atoms with Gasteiger partial charge in [0.25, 0.3) is 0 Å². The van der Waals surface area contributed by atoms with Crippen LogP contribution in [0.4, 0.5) is 5.82 Å². The topological polar surface area (TPSA) is 58.6 Å². The summed E-state index contributed by atoms with van der Waals surface area (Å²) in [6, 6.07) is 11.7. The van der Waals surface area contributed by atoms with Gasteiger partial charge >= 0.3 is 0 Å². The van der Waals surface area contributed by atoms with Crippen LogP contribution >= 0.6 is 0 Å². The average molecular weight is 340 g/mol. The number of carbonyl (C=O) groups is 1. The van der Waals surface area contributed by atoms with Gasteiger partial charge in [-0.1, -0.05) is 18.2 Å². The number of rotatable bonds is 5. The smallest absolute Gasteiger partial charge is 0.226 e. The molecule has 1 fully saturated rings. The van der Waals surface area contributed by atoms with Crippen LogP contribution in [0.1, 0.15) is 18.4 Å². The van der Waals surface area contributed by atoms with E-state index >= 15 is 0 Å². The summed E-state index contributed by atoms with van der Waals surface area (Å²) in [5.41, 5.74) is 1.09. The largest absolute Gasteiger partial charge is 0.493 e. The second-order valence-electron chi connectivity index (χ2n) is 6.17. The third kappa shape index (κ3) is 4.68. The van der Waals surface area contributed by atoms with E-state index < -0.39 is 0 Å². The van der Waals surface area contributed by atoms with E-state index in [9.17, 15) is 4.79 Å². The van der Waals surface area contributed by atoms with Gasteiger partial charge in [-0.2, -0.15) is 5.10 Å². The molecule has 1 aromatic carbocycles. The maximum atomic E-state index is 12.5. The van der Waals surface area contributed by atoms with E-state index in [4.69, 9.17) is 4.74 Å². The second kappa shape index (κ2) is 8.46. The minimum absolute atomic E-state index is 0.148. The summed E-state index contributed by atoms with van der Waals surface area (Å²) < 4.78 is 5.74. The number of benzene rings is 1. The molecular weight excluding hydrogens is 316 g/mol. The fourth-order valence-corrected chi connectivity index (χ4v) is 2.98. The Morgan fingerprint density at radius 1 is 1.12 bits per heavy atom. The number of aryl methyl sites for hydroxylation is 1. The van der Waals surface area contributed by atoms with Crippen LogP contribution < -0.4 is 9.64 Å². The Hall–Kier alpha value is -2.63. The summed E-state index contributed by atoms with van der Waals surface area (Å²) in [5, 5.41) is 8.09. The van der Waals surface area contributed by atoms with Gasteiger partial charge in [0.2, 0.25) is 5.91 Å². The standard InChI is InChI=1S/C19H24N4O2/c1-16-6-2-3-7-17(16)25-15-9-19(24)23-12-5-11-22(13-14-23)18-8-4-10-20-21-18/h2-4,6-8,10H,5,9,11-15H2,1H3. The lowest BCUT2D eigenvalue weighted by Crippen LogP contribution is -2.36. The molecule has 1 aromatic heterocycles. The summed E-state index contributed by atoms with van der Waals surface area (Å²) in [4.78, 5) is 16.6. The molecule has 0 N–H and O–H groups in total. The van der Waals surface area contributed by atoms with Gasteiger partial charge in [0.05, 0.1) is 13.0 Å². The monoisotopic (exact) mass is 340 g/mol. The van der Waals surface area contributed by atoms with Crippen molar-refractivity contribution in [3.63, 3.8) is 0 Å². The zero-order valence-corrected chi connectivity index (χ0v) is 14.6. The number of aromatic nitrogens is 2. The molecule has 3 rings (SSSR count). The Balaban J connectivity index is 1.47. The molecule has 0 atom stereocenters. The van der Waals surface area contributed by atoms with E-state index in [1.165, 1.54) is 0 Å². The highest BCUT2D eigenvalue weighted by molar-refractivity contribution is 5.76. The zero-order valence-electron chi connectivity index (χ0n) is 14.6. The van der Waals surface area contributed by atoms with Crippen molar-refractivity contribution >= 4 is 11.7 Å². The van der Waals surface area contributed by atoms with E-state index in [1.54, 1.807) is 6.20 Å². The summed E-state index contributed by atoms with van der Waals surface area (Å²) in [6.07, 6.45) is 3.01. The molecule has 0 aliphatic carbocycles. The minimum atomic E-state index is 0.148. The molecule has 0 radical (unpaired) electrons. The van der Waals surface area contributed by atoms with Gasteiger partial charge < -0.3 is 14.5 Å². The molecule has 2 heterocycles. The van der Waals surface area contributed by atoms with Crippen LogP contribution in [-0.2, 0) is 4.79 Å². The number of hydrogen-bond acceptors (Lipinski definition) is 5. The number of hydrogen-bond donors (Lipinski definition) is 0. The van der Waals surface area contributed by atoms with Crippen LogP contribution in [0.3, 0.4) is 0 Å². The first kappa shape index (κ1) is 17.2. The van der Waals surface area contributed by atoms with Gasteiger partial charge in [-0.25, -0.2) is 0 Å². The maximum Gasteiger partial charge on any atom is 0.226 e. The van der Waals surface area contributed by atoms with E-state index in [0.29, 0.717) is 19.6 Å². The maximum absolute atomic E-state index is 12.5. The third-order valence-corrected chi connectivity index (χ3v) is 4.40. The fourth-order valence-electron chi connectivity index (χ4n) is 2.98. The molecule has 132 valence electrons. The minimum Gasteiger partial charge on any atom is -0.493 e. The van der Waals surface area contributed by atoms with Gasteiger partial charge in [0.1, 0.15) is 5.75 Å². The van der Waals surface area contributed by atoms with Crippen molar-refractivity contribution in [2.75, 3.05) is 37.7 Å². The van der Waals surface area contributed by atoms with Gasteiger partial charge in [-0.3, -0.25) is 4.79 Å². The second-order valence-corrected chi connectivity index (χ2v) is 6.17. The van der Waals surface area contributed by atoms with Gasteiger partial charge in [0, 0.05) is 32.4 Å². The SMILES string of the molecule is Cc1ccccc1OCCC(=O)N1CCCN(c2cccnn2)CC1. The number of carbonyl (C=O) groups excluding carboxylic acids is 1. The quantitative estimate of drug-likeness (QED) is 0.836. The highest BCUT2D eigenvalue weighted by atomic mass is 16.5. The molecule has 6 nitrogen and oxygen atoms in total. The van der Waals surface area contributed by atoms with Crippen LogP contribution in [0.15, 0.2) is 42.6 Å². The number of nitrogens with zero attached hydrogens (tertiary/aromatic N) is 4. The first-order valence-electron chi connectivity index (χ1n) is 8.73. The Morgan fingerprint density at radius 3 is 2.80 bits per heavy atom. The number of ether oxygens (including phenoxy) is 1. The Morgan fingerprint density at radius 2 is 2.00 bits per heavy atom. The first-order valence-corrected chi connectivity index (χ1v) is 8.73. The Bertz CT molecular complexity index is 693. The third-order valence-electron chi connectivity index (χ3n) is 4.40. The van der Waals surface area contributed by atoms with E-state index in [2.05, 4.69) is 15.1 Å². The molecule has 0 saturated carbocycles. The Labute approximate surface area is 148 Å². The summed E-state index contributed by atoms with van der Waals surface area (Å²) in [7, 11) is 0. The molecule has 1 aliphatic rings. The van der Waals surface area contributed by atoms with Crippen LogP contribution in [-0.4, -0.2) is 53.8 Å². The molecule has 1 saturated heterocycles. The molecule has 1 amide bonds. The van der Waals surface area contributed by atoms with Crippen molar-refractivity contribution in [3.8, 4) is 5.75 Å². The van der Waals surface area contributed by atoms with Gasteiger partial charge in [-0.05, 0) is 37.1 Å². The van der Waals surface area contributed by atoms with Crippen LogP contribution in [0.5, 0.6) is 5.75 Å². The lowest BCUT2D eigenvalue weighted by Gasteiger charge is -2.22. The number of anilines is 1. The number of amides is 1. The van der Waals surface area contributed by atoms with E-state index in [0.717, 1.165) is 43.2 Å². The molecule has 2 aromatic rings. The predicted molar refractivity (Wildman–Crippen MR) is 96.7 cm³/mol. The van der Waals surface area contributed by atoms with Crippen molar-refractivity contribution in [2.45, 2.75) is 19.8 Å². The van der Waals surface area contributed by atoms with E-state index in [1.807, 2.05) is 48.2 Å². The van der Waals surface area contributed by atoms with Crippen molar-refractivity contribution in [3.05, 3.63) is 48.2 Å². The summed E-state index contributed by atoms with van der Waals surface area (Å²) in [5.74, 6) is 1.87. The molecular formula is C19H24N4O2. The number of para-hydroxylation sites is 1.